The molecule has 0 fully saturated rings. The standard InChI is InChI=1S/C12H20F6O3S.C8H20N/c13-10(12(17,18)22(19,20)21)8-6-4-2-1-3-5-7-9-11(14,15)16;1-5-9(6-2,7-3)8-4/h10H,1-9H2,(H,19,20,21);5-8H2,1-4H3/q;+1/p-1. The molecule has 11 heteroatoms. The fourth-order valence-corrected chi connectivity index (χ4v) is 3.63. The predicted molar refractivity (Wildman–Crippen MR) is 110 cm³/mol. The predicted octanol–water partition coefficient (Wildman–Crippen LogP) is 6.42. The monoisotopic (exact) mass is 487 g/mol. The number of nitrogens with zero attached hydrogens (tertiary/aromatic N) is 1. The smallest absolute Gasteiger partial charge is 0.389 e. The Labute approximate surface area is 183 Å². The van der Waals surface area contributed by atoms with Crippen LogP contribution in [0.3, 0.4) is 0 Å². The molecule has 0 bridgehead atoms. The lowest BCUT2D eigenvalue weighted by Gasteiger charge is -2.34. The van der Waals surface area contributed by atoms with Gasteiger partial charge in [0.2, 0.25) is 0 Å². The van der Waals surface area contributed by atoms with Crippen LogP contribution in [0.15, 0.2) is 0 Å². The molecule has 190 valence electrons. The van der Waals surface area contributed by atoms with Gasteiger partial charge in [0.15, 0.2) is 16.3 Å². The normalized spacial score (nSPS) is 14.2. The molecule has 1 atom stereocenters. The molecule has 0 rings (SSSR count). The first-order valence-electron chi connectivity index (χ1n) is 11.0. The van der Waals surface area contributed by atoms with Crippen LogP contribution in [0.25, 0.3) is 0 Å². The summed E-state index contributed by atoms with van der Waals surface area (Å²) in [6.45, 7) is 14.2. The second-order valence-electron chi connectivity index (χ2n) is 7.72. The first-order chi connectivity index (χ1) is 14.1. The van der Waals surface area contributed by atoms with Crippen LogP contribution in [0.2, 0.25) is 0 Å². The maximum absolute atomic E-state index is 13.0. The van der Waals surface area contributed by atoms with E-state index in [1.54, 1.807) is 0 Å². The van der Waals surface area contributed by atoms with Crippen molar-refractivity contribution in [2.24, 2.45) is 0 Å². The van der Waals surface area contributed by atoms with E-state index in [-0.39, 0.29) is 12.8 Å². The van der Waals surface area contributed by atoms with E-state index in [0.29, 0.717) is 32.1 Å². The molecule has 0 amide bonds. The lowest BCUT2D eigenvalue weighted by atomic mass is 10.1. The molecular formula is C20H39F6NO3S. The van der Waals surface area contributed by atoms with Crippen LogP contribution >= 0.6 is 0 Å². The van der Waals surface area contributed by atoms with Gasteiger partial charge in [-0.3, -0.25) is 0 Å². The molecular weight excluding hydrogens is 448 g/mol. The minimum absolute atomic E-state index is 0.0190. The molecule has 4 nitrogen and oxygen atoms in total. The van der Waals surface area contributed by atoms with Crippen molar-refractivity contribution in [2.45, 2.75) is 103 Å². The van der Waals surface area contributed by atoms with Gasteiger partial charge < -0.3 is 9.04 Å². The molecule has 0 radical (unpaired) electrons. The Kier molecular flexibility index (Phi) is 16.1. The van der Waals surface area contributed by atoms with Crippen LogP contribution in [0, 0.1) is 0 Å². The minimum Gasteiger partial charge on any atom is -0.743 e. The zero-order valence-electron chi connectivity index (χ0n) is 19.1. The molecule has 0 N–H and O–H groups in total. The number of alkyl halides is 6. The molecule has 0 aliphatic heterocycles. The van der Waals surface area contributed by atoms with Crippen molar-refractivity contribution >= 4 is 10.1 Å². The highest BCUT2D eigenvalue weighted by atomic mass is 32.2. The highest BCUT2D eigenvalue weighted by Crippen LogP contribution is 2.30. The topological polar surface area (TPSA) is 57.2 Å². The Hall–Kier alpha value is -0.550. The molecule has 1 unspecified atom stereocenters. The van der Waals surface area contributed by atoms with Crippen LogP contribution < -0.4 is 0 Å². The maximum atomic E-state index is 13.0. The van der Waals surface area contributed by atoms with Crippen molar-refractivity contribution in [1.29, 1.82) is 0 Å². The average molecular weight is 488 g/mol. The third-order valence-corrected chi connectivity index (χ3v) is 6.72. The van der Waals surface area contributed by atoms with E-state index in [9.17, 15) is 39.3 Å². The van der Waals surface area contributed by atoms with E-state index in [4.69, 9.17) is 0 Å². The maximum Gasteiger partial charge on any atom is 0.389 e. The van der Waals surface area contributed by atoms with E-state index >= 15 is 0 Å². The number of unbranched alkanes of at least 4 members (excludes halogenated alkanes) is 6. The fraction of sp³-hybridized carbons (Fsp3) is 1.00. The lowest BCUT2D eigenvalue weighted by Crippen LogP contribution is -2.47. The highest BCUT2D eigenvalue weighted by molar-refractivity contribution is 7.86. The molecule has 0 aliphatic carbocycles. The molecule has 0 saturated carbocycles. The second kappa shape index (κ2) is 15.3. The first kappa shape index (κ1) is 32.6. The summed E-state index contributed by atoms with van der Waals surface area (Å²) in [7, 11) is -6.02. The lowest BCUT2D eigenvalue weighted by molar-refractivity contribution is -0.921. The van der Waals surface area contributed by atoms with Gasteiger partial charge in [0.05, 0.1) is 26.2 Å². The zero-order valence-corrected chi connectivity index (χ0v) is 19.9. The molecule has 0 saturated heterocycles. The molecule has 0 aliphatic rings. The van der Waals surface area contributed by atoms with E-state index < -0.39 is 40.6 Å². The van der Waals surface area contributed by atoms with Crippen LogP contribution in [-0.2, 0) is 10.1 Å². The molecule has 0 heterocycles. The second-order valence-corrected chi connectivity index (χ2v) is 9.17. The summed E-state index contributed by atoms with van der Waals surface area (Å²) >= 11 is 0. The van der Waals surface area contributed by atoms with Gasteiger partial charge in [-0.05, 0) is 40.5 Å². The highest BCUT2D eigenvalue weighted by Gasteiger charge is 2.46. The minimum atomic E-state index is -6.02. The van der Waals surface area contributed by atoms with Gasteiger partial charge in [0.25, 0.3) is 0 Å². The molecule has 0 aromatic heterocycles. The Balaban J connectivity index is 0. The summed E-state index contributed by atoms with van der Waals surface area (Å²) in [6, 6.07) is 0. The third kappa shape index (κ3) is 14.3. The van der Waals surface area contributed by atoms with Gasteiger partial charge in [-0.2, -0.15) is 22.0 Å². The van der Waals surface area contributed by atoms with Crippen molar-refractivity contribution in [3.05, 3.63) is 0 Å². The number of halogens is 6. The van der Waals surface area contributed by atoms with Gasteiger partial charge in [0, 0.05) is 6.42 Å². The third-order valence-electron chi connectivity index (χ3n) is 5.80. The van der Waals surface area contributed by atoms with Crippen molar-refractivity contribution in [2.75, 3.05) is 26.2 Å². The van der Waals surface area contributed by atoms with Gasteiger partial charge in [-0.1, -0.05) is 38.5 Å². The Morgan fingerprint density at radius 2 is 1.10 bits per heavy atom. The summed E-state index contributed by atoms with van der Waals surface area (Å²) in [5.74, 6) is 0. The average Bonchev–Trinajstić information content (AvgIpc) is 2.67. The number of rotatable bonds is 15. The number of hydrogen-bond acceptors (Lipinski definition) is 3. The van der Waals surface area contributed by atoms with Crippen molar-refractivity contribution in [1.82, 2.24) is 0 Å². The van der Waals surface area contributed by atoms with Gasteiger partial charge in [-0.25, -0.2) is 12.8 Å². The van der Waals surface area contributed by atoms with E-state index in [1.807, 2.05) is 0 Å². The number of hydrogen-bond donors (Lipinski definition) is 0. The summed E-state index contributed by atoms with van der Waals surface area (Å²) in [5.41, 5.74) is 0. The molecule has 0 aromatic rings. The number of quaternary nitrogens is 1. The van der Waals surface area contributed by atoms with E-state index in [1.165, 1.54) is 30.7 Å². The molecule has 0 spiro atoms. The largest absolute Gasteiger partial charge is 0.743 e. The van der Waals surface area contributed by atoms with Crippen LogP contribution in [0.5, 0.6) is 0 Å². The van der Waals surface area contributed by atoms with Gasteiger partial charge >= 0.3 is 11.4 Å². The first-order valence-corrected chi connectivity index (χ1v) is 12.4. The van der Waals surface area contributed by atoms with Crippen molar-refractivity contribution in [3.8, 4) is 0 Å². The van der Waals surface area contributed by atoms with Crippen molar-refractivity contribution < 1.29 is 43.8 Å². The zero-order chi connectivity index (χ0) is 24.8. The van der Waals surface area contributed by atoms with Crippen LogP contribution in [-0.4, -0.2) is 61.2 Å². The van der Waals surface area contributed by atoms with Gasteiger partial charge in [-0.15, -0.1) is 0 Å². The summed E-state index contributed by atoms with van der Waals surface area (Å²) in [5, 5.41) is -4.93. The van der Waals surface area contributed by atoms with Gasteiger partial charge in [0.1, 0.15) is 0 Å². The molecule has 0 aromatic carbocycles. The summed E-state index contributed by atoms with van der Waals surface area (Å²) < 4.78 is 106. The Bertz CT molecular complexity index is 534. The fourth-order valence-electron chi connectivity index (χ4n) is 3.20. The van der Waals surface area contributed by atoms with E-state index in [2.05, 4.69) is 27.7 Å². The van der Waals surface area contributed by atoms with E-state index in [0.717, 1.165) is 0 Å². The molecule has 31 heavy (non-hydrogen) atoms. The Morgan fingerprint density at radius 3 is 1.39 bits per heavy atom. The van der Waals surface area contributed by atoms with Crippen LogP contribution in [0.4, 0.5) is 26.3 Å². The Morgan fingerprint density at radius 1 is 0.742 bits per heavy atom. The summed E-state index contributed by atoms with van der Waals surface area (Å²) in [6.07, 6.45) is -6.37. The summed E-state index contributed by atoms with van der Waals surface area (Å²) in [4.78, 5) is 0. The SMILES string of the molecule is CC[N+](CC)(CC)CC.O=S(=O)([O-])C(F)(F)C(F)CCCCCCCCCC(F)(F)F. The quantitative estimate of drug-likeness (QED) is 0.116. The van der Waals surface area contributed by atoms with Crippen molar-refractivity contribution in [3.63, 3.8) is 0 Å². The van der Waals surface area contributed by atoms with Crippen LogP contribution in [0.1, 0.15) is 85.5 Å².